The summed E-state index contributed by atoms with van der Waals surface area (Å²) in [5, 5.41) is 2.96. The molecule has 160 valence electrons. The average molecular weight is 444 g/mol. The Labute approximate surface area is 181 Å². The van der Waals surface area contributed by atoms with Crippen LogP contribution < -0.4 is 10.7 Å². The van der Waals surface area contributed by atoms with Gasteiger partial charge >= 0.3 is 5.97 Å². The third-order valence-corrected chi connectivity index (χ3v) is 5.56. The molecule has 0 atom stereocenters. The maximum Gasteiger partial charge on any atom is 0.337 e. The fourth-order valence-corrected chi connectivity index (χ4v) is 3.84. The van der Waals surface area contributed by atoms with Crippen LogP contribution >= 0.6 is 11.6 Å². The molecule has 31 heavy (non-hydrogen) atoms. The average Bonchev–Trinajstić information content (AvgIpc) is 2.77. The van der Waals surface area contributed by atoms with Crippen LogP contribution in [0.15, 0.2) is 41.2 Å². The van der Waals surface area contributed by atoms with E-state index < -0.39 is 11.8 Å². The molecule has 0 fully saturated rings. The third kappa shape index (κ3) is 4.17. The lowest BCUT2D eigenvalue weighted by atomic mass is 10.0. The normalized spacial score (nSPS) is 13.6. The summed E-state index contributed by atoms with van der Waals surface area (Å²) in [6.07, 6.45) is 0.480. The first kappa shape index (κ1) is 21.0. The Hall–Kier alpha value is -3.23. The minimum Gasteiger partial charge on any atom is -0.465 e. The number of nitrogens with zero attached hydrogens (tertiary/aromatic N) is 1. The standard InChI is InChI=1S/C22H19ClFN3O4/c1-31-22(30)12-2-4-13(5-3-12)25-18(28)11-27-9-8-17-15(10-27)21(29)14-6-7-16(23)19(24)20(14)26-17/h2-7H,8-11H2,1H3,(H,25,28)(H,26,29). The number of rotatable bonds is 4. The second-order valence-electron chi connectivity index (χ2n) is 7.27. The largest absolute Gasteiger partial charge is 0.465 e. The lowest BCUT2D eigenvalue weighted by molar-refractivity contribution is -0.117. The molecule has 0 unspecified atom stereocenters. The van der Waals surface area contributed by atoms with Gasteiger partial charge in [-0.2, -0.15) is 0 Å². The van der Waals surface area contributed by atoms with E-state index in [0.29, 0.717) is 35.5 Å². The van der Waals surface area contributed by atoms with E-state index in [1.54, 1.807) is 24.3 Å². The van der Waals surface area contributed by atoms with Gasteiger partial charge in [0.2, 0.25) is 5.91 Å². The summed E-state index contributed by atoms with van der Waals surface area (Å²) < 4.78 is 18.9. The predicted octanol–water partition coefficient (Wildman–Crippen LogP) is 3.10. The summed E-state index contributed by atoms with van der Waals surface area (Å²) in [4.78, 5) is 41.7. The Balaban J connectivity index is 1.47. The zero-order valence-corrected chi connectivity index (χ0v) is 17.4. The highest BCUT2D eigenvalue weighted by Crippen LogP contribution is 2.24. The molecule has 1 aliphatic rings. The van der Waals surface area contributed by atoms with Gasteiger partial charge in [-0.25, -0.2) is 9.18 Å². The number of nitrogens with one attached hydrogen (secondary N) is 2. The first-order valence-electron chi connectivity index (χ1n) is 9.59. The number of hydrogen-bond acceptors (Lipinski definition) is 5. The second-order valence-corrected chi connectivity index (χ2v) is 7.68. The van der Waals surface area contributed by atoms with Crippen molar-refractivity contribution >= 4 is 40.1 Å². The van der Waals surface area contributed by atoms with E-state index in [-0.39, 0.29) is 40.4 Å². The number of benzene rings is 2. The third-order valence-electron chi connectivity index (χ3n) is 5.27. The van der Waals surface area contributed by atoms with Gasteiger partial charge in [0, 0.05) is 41.8 Å². The van der Waals surface area contributed by atoms with Gasteiger partial charge in [0.15, 0.2) is 11.2 Å². The van der Waals surface area contributed by atoms with Crippen LogP contribution in [-0.2, 0) is 22.5 Å². The van der Waals surface area contributed by atoms with E-state index in [4.69, 9.17) is 11.6 Å². The molecule has 0 spiro atoms. The molecular formula is C22H19ClFN3O4. The molecule has 1 aliphatic heterocycles. The number of fused-ring (bicyclic) bond motifs is 2. The first-order valence-corrected chi connectivity index (χ1v) is 9.97. The highest BCUT2D eigenvalue weighted by atomic mass is 35.5. The van der Waals surface area contributed by atoms with Crippen molar-refractivity contribution in [3.05, 3.63) is 74.3 Å². The van der Waals surface area contributed by atoms with Crippen LogP contribution in [0.3, 0.4) is 0 Å². The predicted molar refractivity (Wildman–Crippen MR) is 115 cm³/mol. The topological polar surface area (TPSA) is 91.5 Å². The number of carbonyl (C=O) groups is 2. The van der Waals surface area contributed by atoms with Crippen LogP contribution in [-0.4, -0.2) is 42.0 Å². The Morgan fingerprint density at radius 3 is 2.68 bits per heavy atom. The molecule has 0 saturated heterocycles. The summed E-state index contributed by atoms with van der Waals surface area (Å²) in [5.41, 5.74) is 1.97. The Morgan fingerprint density at radius 2 is 1.97 bits per heavy atom. The van der Waals surface area contributed by atoms with E-state index in [0.717, 1.165) is 0 Å². The number of esters is 1. The van der Waals surface area contributed by atoms with Crippen molar-refractivity contribution in [3.8, 4) is 0 Å². The van der Waals surface area contributed by atoms with Crippen LogP contribution in [0.5, 0.6) is 0 Å². The molecule has 7 nitrogen and oxygen atoms in total. The van der Waals surface area contributed by atoms with Crippen molar-refractivity contribution in [3.63, 3.8) is 0 Å². The SMILES string of the molecule is COC(=O)c1ccc(NC(=O)CN2CCc3[nH]c4c(F)c(Cl)ccc4c(=O)c3C2)cc1. The molecule has 0 radical (unpaired) electrons. The molecule has 0 bridgehead atoms. The van der Waals surface area contributed by atoms with Crippen LogP contribution in [0.25, 0.3) is 10.9 Å². The van der Waals surface area contributed by atoms with Crippen molar-refractivity contribution in [2.45, 2.75) is 13.0 Å². The molecule has 2 heterocycles. The zero-order valence-electron chi connectivity index (χ0n) is 16.6. The number of hydrogen-bond donors (Lipinski definition) is 2. The number of carbonyl (C=O) groups excluding carboxylic acids is 2. The smallest absolute Gasteiger partial charge is 0.337 e. The molecule has 1 amide bonds. The molecule has 3 aromatic rings. The van der Waals surface area contributed by atoms with E-state index in [1.165, 1.54) is 19.2 Å². The highest BCUT2D eigenvalue weighted by molar-refractivity contribution is 6.31. The Kier molecular flexibility index (Phi) is 5.75. The van der Waals surface area contributed by atoms with Crippen molar-refractivity contribution in [2.24, 2.45) is 0 Å². The van der Waals surface area contributed by atoms with E-state index in [1.807, 2.05) is 4.90 Å². The van der Waals surface area contributed by atoms with E-state index in [9.17, 15) is 18.8 Å². The summed E-state index contributed by atoms with van der Waals surface area (Å²) in [6, 6.07) is 9.23. The quantitative estimate of drug-likeness (QED) is 0.604. The number of methoxy groups -OCH3 is 1. The number of aromatic amines is 1. The van der Waals surface area contributed by atoms with Crippen molar-refractivity contribution in [2.75, 3.05) is 25.5 Å². The van der Waals surface area contributed by atoms with Crippen LogP contribution in [0.4, 0.5) is 10.1 Å². The molecule has 9 heteroatoms. The lowest BCUT2D eigenvalue weighted by Crippen LogP contribution is -2.39. The lowest BCUT2D eigenvalue weighted by Gasteiger charge is -2.28. The molecule has 2 N–H and O–H groups in total. The van der Waals surface area contributed by atoms with Crippen LogP contribution in [0.2, 0.25) is 5.02 Å². The van der Waals surface area contributed by atoms with Crippen molar-refractivity contribution in [1.82, 2.24) is 9.88 Å². The summed E-state index contributed by atoms with van der Waals surface area (Å²) >= 11 is 5.83. The molecule has 4 rings (SSSR count). The molecule has 0 saturated carbocycles. The highest BCUT2D eigenvalue weighted by Gasteiger charge is 2.23. The second kappa shape index (κ2) is 8.49. The van der Waals surface area contributed by atoms with Gasteiger partial charge in [0.1, 0.15) is 0 Å². The van der Waals surface area contributed by atoms with E-state index in [2.05, 4.69) is 15.0 Å². The number of halogens is 2. The summed E-state index contributed by atoms with van der Waals surface area (Å²) in [5.74, 6) is -1.34. The number of aromatic nitrogens is 1. The fraction of sp³-hybridized carbons (Fsp3) is 0.227. The summed E-state index contributed by atoms with van der Waals surface area (Å²) in [7, 11) is 1.30. The van der Waals surface area contributed by atoms with E-state index >= 15 is 0 Å². The molecule has 2 aromatic carbocycles. The Morgan fingerprint density at radius 1 is 1.23 bits per heavy atom. The zero-order chi connectivity index (χ0) is 22.1. The number of amides is 1. The van der Waals surface area contributed by atoms with Crippen molar-refractivity contribution < 1.29 is 18.7 Å². The van der Waals surface area contributed by atoms with Crippen LogP contribution in [0.1, 0.15) is 21.6 Å². The number of H-pyrrole nitrogens is 1. The molecule has 1 aromatic heterocycles. The summed E-state index contributed by atoms with van der Waals surface area (Å²) in [6.45, 7) is 0.898. The maximum atomic E-state index is 14.3. The number of pyridine rings is 1. The van der Waals surface area contributed by atoms with Crippen molar-refractivity contribution in [1.29, 1.82) is 0 Å². The minimum absolute atomic E-state index is 0.0446. The fourth-order valence-electron chi connectivity index (χ4n) is 3.69. The van der Waals surface area contributed by atoms with Gasteiger partial charge < -0.3 is 15.0 Å². The van der Waals surface area contributed by atoms with Gasteiger partial charge in [0.05, 0.1) is 29.8 Å². The number of ether oxygens (including phenoxy) is 1. The van der Waals surface area contributed by atoms with Gasteiger partial charge in [-0.05, 0) is 36.4 Å². The number of anilines is 1. The monoisotopic (exact) mass is 443 g/mol. The molecule has 0 aliphatic carbocycles. The first-order chi connectivity index (χ1) is 14.9. The maximum absolute atomic E-state index is 14.3. The minimum atomic E-state index is -0.640. The molecular weight excluding hydrogens is 425 g/mol. The van der Waals surface area contributed by atoms with Gasteiger partial charge in [0.25, 0.3) is 0 Å². The van der Waals surface area contributed by atoms with Crippen LogP contribution in [0, 0.1) is 5.82 Å². The Bertz CT molecular complexity index is 1240. The van der Waals surface area contributed by atoms with Gasteiger partial charge in [-0.15, -0.1) is 0 Å². The van der Waals surface area contributed by atoms with Gasteiger partial charge in [-0.3, -0.25) is 14.5 Å². The van der Waals surface area contributed by atoms with Gasteiger partial charge in [-0.1, -0.05) is 11.6 Å².